The zero-order chi connectivity index (χ0) is 18.8. The van der Waals surface area contributed by atoms with Gasteiger partial charge in [-0.15, -0.1) is 0 Å². The maximum atomic E-state index is 12.7. The molecule has 1 saturated heterocycles. The van der Waals surface area contributed by atoms with Crippen molar-refractivity contribution in [2.75, 3.05) is 13.1 Å². The highest BCUT2D eigenvalue weighted by Gasteiger charge is 2.61. The first-order valence-electron chi connectivity index (χ1n) is 8.77. The Labute approximate surface area is 150 Å². The van der Waals surface area contributed by atoms with Crippen molar-refractivity contribution >= 4 is 6.09 Å². The van der Waals surface area contributed by atoms with Gasteiger partial charge in [-0.2, -0.15) is 13.2 Å². The molecule has 8 heteroatoms. The second-order valence-corrected chi connectivity index (χ2v) is 7.15. The number of rotatable bonds is 4. The van der Waals surface area contributed by atoms with E-state index in [-0.39, 0.29) is 31.8 Å². The molecule has 1 aromatic rings. The first-order chi connectivity index (χ1) is 12.3. The second-order valence-electron chi connectivity index (χ2n) is 7.15. The lowest BCUT2D eigenvalue weighted by atomic mass is 9.84. The molecule has 144 valence electrons. The topological polar surface area (TPSA) is 61.8 Å². The molecule has 1 aromatic carbocycles. The van der Waals surface area contributed by atoms with Crippen LogP contribution in [0.3, 0.4) is 0 Å². The summed E-state index contributed by atoms with van der Waals surface area (Å²) in [6.07, 6.45) is -2.30. The zero-order valence-electron chi connectivity index (χ0n) is 14.3. The van der Waals surface area contributed by atoms with Crippen LogP contribution in [-0.4, -0.2) is 53.1 Å². The summed E-state index contributed by atoms with van der Waals surface area (Å²) >= 11 is 0. The summed E-state index contributed by atoms with van der Waals surface area (Å²) in [7, 11) is 0. The third-order valence-electron chi connectivity index (χ3n) is 5.20. The number of ether oxygens (including phenoxy) is 1. The zero-order valence-corrected chi connectivity index (χ0v) is 14.3. The number of carbonyl (C=O) groups excluding carboxylic acids is 1. The van der Waals surface area contributed by atoms with E-state index < -0.39 is 17.9 Å². The molecule has 1 heterocycles. The Kier molecular flexibility index (Phi) is 5.43. The van der Waals surface area contributed by atoms with Crippen LogP contribution >= 0.6 is 0 Å². The largest absolute Gasteiger partial charge is 0.445 e. The SMILES string of the molecule is O=C(N[C@H]1CC[C@@H](N2CC(O)(C(F)(F)F)C2)CC1)OCc1ccccc1. The van der Waals surface area contributed by atoms with E-state index in [9.17, 15) is 23.1 Å². The van der Waals surface area contributed by atoms with Gasteiger partial charge in [0.1, 0.15) is 6.61 Å². The number of amides is 1. The van der Waals surface area contributed by atoms with Gasteiger partial charge in [0.15, 0.2) is 5.60 Å². The summed E-state index contributed by atoms with van der Waals surface area (Å²) in [6.45, 7) is -0.525. The number of nitrogens with zero attached hydrogens (tertiary/aromatic N) is 1. The van der Waals surface area contributed by atoms with E-state index in [1.165, 1.54) is 0 Å². The summed E-state index contributed by atoms with van der Waals surface area (Å²) in [5, 5.41) is 12.3. The van der Waals surface area contributed by atoms with Crippen LogP contribution in [0.2, 0.25) is 0 Å². The molecule has 1 amide bonds. The average molecular weight is 372 g/mol. The van der Waals surface area contributed by atoms with Crippen molar-refractivity contribution in [3.63, 3.8) is 0 Å². The standard InChI is InChI=1S/C18H23F3N2O3/c19-18(20,21)17(25)11-23(12-17)15-8-6-14(7-9-15)22-16(24)26-10-13-4-2-1-3-5-13/h1-5,14-15,25H,6-12H2,(H,22,24)/t14-,15+. The molecule has 0 aromatic heterocycles. The van der Waals surface area contributed by atoms with Crippen LogP contribution in [-0.2, 0) is 11.3 Å². The van der Waals surface area contributed by atoms with Crippen LogP contribution in [0.5, 0.6) is 0 Å². The van der Waals surface area contributed by atoms with Gasteiger partial charge in [-0.25, -0.2) is 4.79 Å². The number of alkyl carbamates (subject to hydrolysis) is 1. The maximum Gasteiger partial charge on any atom is 0.419 e. The minimum atomic E-state index is -4.58. The second kappa shape index (κ2) is 7.44. The van der Waals surface area contributed by atoms with E-state index >= 15 is 0 Å². The molecule has 26 heavy (non-hydrogen) atoms. The van der Waals surface area contributed by atoms with Gasteiger partial charge in [-0.05, 0) is 31.2 Å². The van der Waals surface area contributed by atoms with Crippen molar-refractivity contribution in [3.8, 4) is 0 Å². The number of nitrogens with one attached hydrogen (secondary N) is 1. The van der Waals surface area contributed by atoms with Crippen molar-refractivity contribution < 1.29 is 27.8 Å². The summed E-state index contributed by atoms with van der Waals surface area (Å²) in [6, 6.07) is 9.35. The normalized spacial score (nSPS) is 26.0. The van der Waals surface area contributed by atoms with Gasteiger partial charge in [0.25, 0.3) is 0 Å². The van der Waals surface area contributed by atoms with E-state index in [1.807, 2.05) is 30.3 Å². The lowest BCUT2D eigenvalue weighted by Gasteiger charge is -2.51. The fourth-order valence-corrected chi connectivity index (χ4v) is 3.58. The van der Waals surface area contributed by atoms with Gasteiger partial charge in [0, 0.05) is 25.2 Å². The van der Waals surface area contributed by atoms with Gasteiger partial charge < -0.3 is 15.2 Å². The number of halogens is 3. The molecule has 0 atom stereocenters. The van der Waals surface area contributed by atoms with Crippen LogP contribution in [0.25, 0.3) is 0 Å². The number of likely N-dealkylation sites (tertiary alicyclic amines) is 1. The molecule has 2 N–H and O–H groups in total. The van der Waals surface area contributed by atoms with Gasteiger partial charge in [-0.1, -0.05) is 30.3 Å². The van der Waals surface area contributed by atoms with E-state index in [2.05, 4.69) is 5.32 Å². The fraction of sp³-hybridized carbons (Fsp3) is 0.611. The molecule has 1 saturated carbocycles. The number of hydrogen-bond donors (Lipinski definition) is 2. The highest BCUT2D eigenvalue weighted by Crippen LogP contribution is 2.40. The number of alkyl halides is 3. The van der Waals surface area contributed by atoms with Gasteiger partial charge in [-0.3, -0.25) is 4.90 Å². The van der Waals surface area contributed by atoms with Crippen LogP contribution < -0.4 is 5.32 Å². The number of benzene rings is 1. The Morgan fingerprint density at radius 1 is 1.19 bits per heavy atom. The maximum absolute atomic E-state index is 12.7. The quantitative estimate of drug-likeness (QED) is 0.853. The van der Waals surface area contributed by atoms with Crippen LogP contribution in [0.4, 0.5) is 18.0 Å². The Hall–Kier alpha value is -1.80. The van der Waals surface area contributed by atoms with Crippen LogP contribution in [0.1, 0.15) is 31.2 Å². The minimum Gasteiger partial charge on any atom is -0.445 e. The molecule has 0 unspecified atom stereocenters. The molecule has 1 aliphatic heterocycles. The van der Waals surface area contributed by atoms with E-state index in [4.69, 9.17) is 4.74 Å². The number of aliphatic hydroxyl groups is 1. The van der Waals surface area contributed by atoms with Crippen molar-refractivity contribution in [2.24, 2.45) is 0 Å². The molecular weight excluding hydrogens is 349 g/mol. The average Bonchev–Trinajstić information content (AvgIpc) is 2.58. The molecule has 0 spiro atoms. The first kappa shape index (κ1) is 19.0. The minimum absolute atomic E-state index is 0.0241. The lowest BCUT2D eigenvalue weighted by molar-refractivity contribution is -0.306. The third-order valence-corrected chi connectivity index (χ3v) is 5.20. The Morgan fingerprint density at radius 2 is 1.81 bits per heavy atom. The number of β-amino-alcohol motifs (C(OH)–C–C–N with tert-alkyl or cyclic N) is 1. The van der Waals surface area contributed by atoms with E-state index in [0.29, 0.717) is 25.7 Å². The van der Waals surface area contributed by atoms with Crippen LogP contribution in [0, 0.1) is 0 Å². The molecule has 1 aliphatic carbocycles. The van der Waals surface area contributed by atoms with Crippen molar-refractivity contribution in [1.82, 2.24) is 10.2 Å². The summed E-state index contributed by atoms with van der Waals surface area (Å²) < 4.78 is 43.2. The summed E-state index contributed by atoms with van der Waals surface area (Å²) in [5.74, 6) is 0. The molecule has 2 fully saturated rings. The predicted molar refractivity (Wildman–Crippen MR) is 88.4 cm³/mol. The predicted octanol–water partition coefficient (Wildman–Crippen LogP) is 2.83. The number of hydrogen-bond acceptors (Lipinski definition) is 4. The van der Waals surface area contributed by atoms with E-state index in [1.54, 1.807) is 4.90 Å². The lowest BCUT2D eigenvalue weighted by Crippen LogP contribution is -2.71. The summed E-state index contributed by atoms with van der Waals surface area (Å²) in [5.41, 5.74) is -1.66. The third kappa shape index (κ3) is 4.29. The van der Waals surface area contributed by atoms with Crippen molar-refractivity contribution in [2.45, 2.75) is 56.2 Å². The van der Waals surface area contributed by atoms with Crippen molar-refractivity contribution in [1.29, 1.82) is 0 Å². The Balaban J connectivity index is 1.36. The highest BCUT2D eigenvalue weighted by molar-refractivity contribution is 5.67. The molecule has 2 aliphatic rings. The smallest absolute Gasteiger partial charge is 0.419 e. The van der Waals surface area contributed by atoms with Crippen LogP contribution in [0.15, 0.2) is 30.3 Å². The molecule has 5 nitrogen and oxygen atoms in total. The van der Waals surface area contributed by atoms with Crippen molar-refractivity contribution in [3.05, 3.63) is 35.9 Å². The highest BCUT2D eigenvalue weighted by atomic mass is 19.4. The molecular formula is C18H23F3N2O3. The molecule has 0 radical (unpaired) electrons. The molecule has 0 bridgehead atoms. The number of carbonyl (C=O) groups is 1. The van der Waals surface area contributed by atoms with E-state index in [0.717, 1.165) is 5.56 Å². The monoisotopic (exact) mass is 372 g/mol. The van der Waals surface area contributed by atoms with Gasteiger partial charge in [0.05, 0.1) is 0 Å². The Bertz CT molecular complexity index is 610. The Morgan fingerprint density at radius 3 is 2.38 bits per heavy atom. The molecule has 3 rings (SSSR count). The fourth-order valence-electron chi connectivity index (χ4n) is 3.58. The van der Waals surface area contributed by atoms with Gasteiger partial charge in [0.2, 0.25) is 0 Å². The summed E-state index contributed by atoms with van der Waals surface area (Å²) in [4.78, 5) is 13.5. The van der Waals surface area contributed by atoms with Gasteiger partial charge >= 0.3 is 12.3 Å². The first-order valence-corrected chi connectivity index (χ1v) is 8.77.